The summed E-state index contributed by atoms with van der Waals surface area (Å²) in [5.74, 6) is 4.65. The van der Waals surface area contributed by atoms with E-state index in [1.165, 1.54) is 16.4 Å². The molecule has 3 rings (SSSR count). The van der Waals surface area contributed by atoms with Crippen molar-refractivity contribution >= 4 is 25.4 Å². The van der Waals surface area contributed by atoms with Gasteiger partial charge in [-0.05, 0) is 24.4 Å². The third-order valence-electron chi connectivity index (χ3n) is 2.88. The van der Waals surface area contributed by atoms with Gasteiger partial charge in [0.05, 0.1) is 0 Å². The smallest absolute Gasteiger partial charge is 0 e. The topological polar surface area (TPSA) is 99.5 Å². The Bertz CT molecular complexity index is 722. The monoisotopic (exact) mass is 560 g/mol. The Morgan fingerprint density at radius 1 is 0.500 bits per heavy atom. The quantitative estimate of drug-likeness (QED) is 0.283. The molecule has 2 aromatic carbocycles. The van der Waals surface area contributed by atoms with E-state index in [9.17, 15) is 0 Å². The van der Waals surface area contributed by atoms with Crippen molar-refractivity contribution in [3.8, 4) is 0 Å². The average Bonchev–Trinajstić information content (AvgIpc) is 3.04. The summed E-state index contributed by atoms with van der Waals surface area (Å²) >= 11 is 0. The van der Waals surface area contributed by atoms with Gasteiger partial charge in [-0.1, -0.05) is 78.4 Å². The number of hydrogen-bond donors (Lipinski definition) is 0. The Morgan fingerprint density at radius 3 is 1.18 bits per heavy atom. The first-order chi connectivity index (χ1) is 13.4. The maximum Gasteiger partial charge on any atom is 0 e. The van der Waals surface area contributed by atoms with Gasteiger partial charge in [-0.15, -0.1) is 0 Å². The van der Waals surface area contributed by atoms with E-state index in [4.69, 9.17) is 23.3 Å². The molecular formula is C21H13O5PW. The molecule has 2 aromatic rings. The Balaban J connectivity index is -0.000000230. The molecule has 0 radical (unpaired) electrons. The second kappa shape index (κ2) is 27.0. The molecule has 0 saturated carbocycles. The van der Waals surface area contributed by atoms with Crippen molar-refractivity contribution < 1.29 is 44.3 Å². The van der Waals surface area contributed by atoms with Crippen molar-refractivity contribution in [1.82, 2.24) is 0 Å². The standard InChI is InChI=1S/C16H13P.5CO.W/c1-2-8-16(9-3-1)17-12-10-14-6-4-5-7-15(14)11-13-17;5*1-2;/h1-13H;;;;;;. The third-order valence-corrected chi connectivity index (χ3v) is 4.71. The minimum Gasteiger partial charge on any atom is 0 e. The second-order valence-electron chi connectivity index (χ2n) is 4.00. The third kappa shape index (κ3) is 13.0. The molecule has 0 spiro atoms. The molecule has 0 amide bonds. The van der Waals surface area contributed by atoms with Crippen molar-refractivity contribution in [1.29, 1.82) is 0 Å². The van der Waals surface area contributed by atoms with Crippen molar-refractivity contribution in [3.05, 3.63) is 111 Å². The van der Waals surface area contributed by atoms with Gasteiger partial charge in [0.15, 0.2) is 0 Å². The van der Waals surface area contributed by atoms with Crippen LogP contribution in [0.4, 0.5) is 0 Å². The zero-order valence-corrected chi connectivity index (χ0v) is 18.2. The maximum atomic E-state index is 7.50. The number of benzene rings is 2. The van der Waals surface area contributed by atoms with Crippen LogP contribution in [0.1, 0.15) is 11.1 Å². The first-order valence-corrected chi connectivity index (χ1v) is 8.22. The van der Waals surface area contributed by atoms with E-state index >= 15 is 0 Å². The van der Waals surface area contributed by atoms with E-state index in [-0.39, 0.29) is 29.0 Å². The number of fused-ring (bicyclic) bond motifs is 1. The normalized spacial score (nSPS) is 9.07. The molecule has 0 saturated heterocycles. The van der Waals surface area contributed by atoms with Crippen LogP contribution in [0.3, 0.4) is 0 Å². The van der Waals surface area contributed by atoms with E-state index in [2.05, 4.69) is 112 Å². The van der Waals surface area contributed by atoms with Gasteiger partial charge in [-0.25, -0.2) is 0 Å². The van der Waals surface area contributed by atoms with Crippen LogP contribution in [0.5, 0.6) is 0 Å². The van der Waals surface area contributed by atoms with Crippen molar-refractivity contribution in [2.45, 2.75) is 0 Å². The van der Waals surface area contributed by atoms with Gasteiger partial charge < -0.3 is 0 Å². The molecule has 0 bridgehead atoms. The van der Waals surface area contributed by atoms with Gasteiger partial charge in [0.25, 0.3) is 0 Å². The molecule has 1 heterocycles. The first kappa shape index (κ1) is 33.3. The van der Waals surface area contributed by atoms with Crippen LogP contribution < -0.4 is 5.30 Å². The van der Waals surface area contributed by atoms with E-state index in [0.717, 1.165) is 0 Å². The summed E-state index contributed by atoms with van der Waals surface area (Å²) in [6, 6.07) is 19.2. The first-order valence-electron chi connectivity index (χ1n) is 6.74. The Labute approximate surface area is 180 Å². The van der Waals surface area contributed by atoms with Crippen molar-refractivity contribution in [3.63, 3.8) is 0 Å². The Kier molecular flexibility index (Phi) is 32.1. The Morgan fingerprint density at radius 2 is 0.821 bits per heavy atom. The van der Waals surface area contributed by atoms with Crippen LogP contribution in [0.15, 0.2) is 66.2 Å². The van der Waals surface area contributed by atoms with Crippen LogP contribution in [0.2, 0.25) is 0 Å². The average molecular weight is 560 g/mol. The molecule has 0 atom stereocenters. The van der Waals surface area contributed by atoms with E-state index in [1.54, 1.807) is 0 Å². The summed E-state index contributed by atoms with van der Waals surface area (Å²) in [6.07, 6.45) is 4.49. The van der Waals surface area contributed by atoms with Gasteiger partial charge in [-0.3, -0.25) is 0 Å². The zero-order chi connectivity index (χ0) is 21.5. The summed E-state index contributed by atoms with van der Waals surface area (Å²) in [4.78, 5) is 0. The molecular weight excluding hydrogens is 547 g/mol. The molecule has 0 unspecified atom stereocenters. The summed E-state index contributed by atoms with van der Waals surface area (Å²) < 4.78 is 37.5. The van der Waals surface area contributed by atoms with Gasteiger partial charge in [-0.2, -0.15) is 0 Å². The van der Waals surface area contributed by atoms with Crippen LogP contribution in [-0.4, -0.2) is 0 Å². The predicted molar refractivity (Wildman–Crippen MR) is 97.2 cm³/mol. The summed E-state index contributed by atoms with van der Waals surface area (Å²) in [7, 11) is -0.301. The largest absolute Gasteiger partial charge is 0 e. The van der Waals surface area contributed by atoms with Gasteiger partial charge in [0.1, 0.15) is 0 Å². The van der Waals surface area contributed by atoms with E-state index in [1.807, 2.05) is 0 Å². The zero-order valence-electron chi connectivity index (χ0n) is 14.4. The number of rotatable bonds is 1. The fourth-order valence-corrected chi connectivity index (χ4v) is 3.56. The fraction of sp³-hybridized carbons (Fsp3) is 0. The molecule has 0 fully saturated rings. The van der Waals surface area contributed by atoms with Crippen LogP contribution in [0, 0.1) is 33.3 Å². The molecule has 0 aliphatic carbocycles. The van der Waals surface area contributed by atoms with Gasteiger partial charge >= 0.3 is 56.5 Å². The molecule has 28 heavy (non-hydrogen) atoms. The summed E-state index contributed by atoms with van der Waals surface area (Å²) in [5, 5.41) is 1.41. The SMILES string of the molecule is C1=CP(c2ccccc2)C=Cc2ccccc21.[C-]#[O+].[C-]#[O+].[C-]#[O+].[C-]#[O+].[C-]#[O+].[W]. The molecule has 7 heteroatoms. The second-order valence-corrected chi connectivity index (χ2v) is 5.93. The molecule has 5 nitrogen and oxygen atoms in total. The molecule has 138 valence electrons. The van der Waals surface area contributed by atoms with Gasteiger partial charge in [0, 0.05) is 21.1 Å². The Hall–Kier alpha value is -2.26. The van der Waals surface area contributed by atoms with Gasteiger partial charge in [0.2, 0.25) is 0 Å². The van der Waals surface area contributed by atoms with E-state index in [0.29, 0.717) is 0 Å². The van der Waals surface area contributed by atoms with Crippen LogP contribution >= 0.6 is 7.92 Å². The van der Waals surface area contributed by atoms with Crippen LogP contribution in [-0.2, 0) is 44.3 Å². The fourth-order valence-electron chi connectivity index (χ4n) is 1.96. The van der Waals surface area contributed by atoms with Crippen LogP contribution in [0.25, 0.3) is 12.2 Å². The summed E-state index contributed by atoms with van der Waals surface area (Å²) in [6.45, 7) is 22.5. The number of hydrogen-bond acceptors (Lipinski definition) is 0. The minimum atomic E-state index is -0.301. The minimum absolute atomic E-state index is 0. The van der Waals surface area contributed by atoms with E-state index < -0.39 is 0 Å². The molecule has 1 aliphatic rings. The predicted octanol–water partition coefficient (Wildman–Crippen LogP) is 4.26. The maximum absolute atomic E-state index is 7.50. The molecule has 0 N–H and O–H groups in total. The van der Waals surface area contributed by atoms with Crippen molar-refractivity contribution in [2.24, 2.45) is 0 Å². The molecule has 0 aromatic heterocycles. The van der Waals surface area contributed by atoms with Crippen molar-refractivity contribution in [2.75, 3.05) is 0 Å². The summed E-state index contributed by atoms with van der Waals surface area (Å²) in [5.41, 5.74) is 2.62. The molecule has 1 aliphatic heterocycles.